The Bertz CT molecular complexity index is 1250. The molecule has 1 aliphatic rings. The molecule has 1 aliphatic carbocycles. The largest absolute Gasteiger partial charge is 0.468 e. The Morgan fingerprint density at radius 3 is 2.82 bits per heavy atom. The van der Waals surface area contributed by atoms with Crippen LogP contribution in [0.2, 0.25) is 0 Å². The number of anilines is 2. The Morgan fingerprint density at radius 1 is 1.33 bits per heavy atom. The highest BCUT2D eigenvalue weighted by Gasteiger charge is 2.37. The number of carbonyl (C=O) groups excluding carboxylic acids is 1. The van der Waals surface area contributed by atoms with Crippen molar-refractivity contribution >= 4 is 42.8 Å². The molecule has 4 rings (SSSR count). The van der Waals surface area contributed by atoms with Crippen LogP contribution in [0.25, 0.3) is 17.4 Å². The number of benzene rings is 1. The molecule has 1 unspecified atom stereocenters. The molecule has 0 radical (unpaired) electrons. The van der Waals surface area contributed by atoms with Gasteiger partial charge in [-0.3, -0.25) is 13.9 Å². The van der Waals surface area contributed by atoms with Gasteiger partial charge in [0.1, 0.15) is 18.1 Å². The van der Waals surface area contributed by atoms with E-state index in [1.54, 1.807) is 41.2 Å². The van der Waals surface area contributed by atoms with Crippen LogP contribution in [-0.4, -0.2) is 45.2 Å². The average Bonchev–Trinajstić information content (AvgIpc) is 3.41. The molecule has 33 heavy (non-hydrogen) atoms. The van der Waals surface area contributed by atoms with E-state index in [0.29, 0.717) is 23.3 Å². The molecule has 174 valence electrons. The molecule has 0 bridgehead atoms. The van der Waals surface area contributed by atoms with Crippen LogP contribution >= 0.6 is 7.75 Å². The van der Waals surface area contributed by atoms with E-state index in [0.717, 1.165) is 5.57 Å². The lowest BCUT2D eigenvalue weighted by Crippen LogP contribution is -2.34. The van der Waals surface area contributed by atoms with Crippen molar-refractivity contribution < 1.29 is 23.1 Å². The predicted octanol–water partition coefficient (Wildman–Crippen LogP) is 2.21. The topological polar surface area (TPSA) is 169 Å². The molecule has 1 aromatic carbocycles. The molecule has 2 aromatic heterocycles. The van der Waals surface area contributed by atoms with Crippen molar-refractivity contribution in [2.75, 3.05) is 25.2 Å². The van der Waals surface area contributed by atoms with Crippen molar-refractivity contribution in [1.29, 1.82) is 0 Å². The van der Waals surface area contributed by atoms with Crippen LogP contribution in [0.5, 0.6) is 5.75 Å². The first-order valence-corrected chi connectivity index (χ1v) is 11.6. The second-order valence-electron chi connectivity index (χ2n) is 7.47. The van der Waals surface area contributed by atoms with Crippen LogP contribution in [0.1, 0.15) is 13.3 Å². The van der Waals surface area contributed by atoms with E-state index in [9.17, 15) is 9.36 Å². The smallest absolute Gasteiger partial charge is 0.459 e. The highest BCUT2D eigenvalue weighted by Crippen LogP contribution is 2.48. The summed E-state index contributed by atoms with van der Waals surface area (Å²) in [6.07, 6.45) is 4.14. The number of rotatable bonds is 9. The Hall–Kier alpha value is -3.47. The fourth-order valence-corrected chi connectivity index (χ4v) is 4.68. The van der Waals surface area contributed by atoms with Gasteiger partial charge in [-0.05, 0) is 31.1 Å². The summed E-state index contributed by atoms with van der Waals surface area (Å²) in [5.41, 5.74) is 13.5. The fraction of sp³-hybridized carbons (Fsp3) is 0.300. The average molecular weight is 473 g/mol. The van der Waals surface area contributed by atoms with E-state index in [1.807, 2.05) is 6.20 Å². The molecule has 3 atom stereocenters. The number of nitrogens with two attached hydrogens (primary N) is 2. The number of carbonyl (C=O) groups is 1. The van der Waals surface area contributed by atoms with E-state index in [2.05, 4.69) is 20.0 Å². The number of methoxy groups -OCH3 is 1. The highest BCUT2D eigenvalue weighted by molar-refractivity contribution is 7.52. The minimum Gasteiger partial charge on any atom is -0.468 e. The number of nitrogens with one attached hydrogen (secondary N) is 1. The molecular formula is C20H24N7O5P. The lowest BCUT2D eigenvalue weighted by atomic mass is 10.3. The van der Waals surface area contributed by atoms with Gasteiger partial charge in [0.2, 0.25) is 5.95 Å². The van der Waals surface area contributed by atoms with Crippen molar-refractivity contribution in [2.24, 2.45) is 5.92 Å². The summed E-state index contributed by atoms with van der Waals surface area (Å²) < 4.78 is 31.1. The van der Waals surface area contributed by atoms with Gasteiger partial charge in [0.25, 0.3) is 0 Å². The minimum absolute atomic E-state index is 0.00177. The Morgan fingerprint density at radius 2 is 2.09 bits per heavy atom. The number of aromatic nitrogens is 4. The predicted molar refractivity (Wildman–Crippen MR) is 122 cm³/mol. The number of hydrogen-bond acceptors (Lipinski definition) is 10. The van der Waals surface area contributed by atoms with E-state index < -0.39 is 19.8 Å². The molecule has 1 saturated carbocycles. The molecule has 1 fully saturated rings. The van der Waals surface area contributed by atoms with E-state index in [1.165, 1.54) is 14.0 Å². The SMILES string of the molecule is COC(=O)[C@H](C)NP(=O)(OC[C@H]1C/C1=C\n1cnc2c(N)nc(N)nc21)Oc1ccccc1. The van der Waals surface area contributed by atoms with Gasteiger partial charge in [0, 0.05) is 12.1 Å². The maximum Gasteiger partial charge on any atom is 0.459 e. The van der Waals surface area contributed by atoms with Gasteiger partial charge in [-0.15, -0.1) is 0 Å². The second kappa shape index (κ2) is 9.18. The Kier molecular flexibility index (Phi) is 6.32. The number of ether oxygens (including phenoxy) is 1. The summed E-state index contributed by atoms with van der Waals surface area (Å²) in [7, 11) is -2.63. The van der Waals surface area contributed by atoms with Crippen LogP contribution in [0.15, 0.2) is 42.2 Å². The van der Waals surface area contributed by atoms with Gasteiger partial charge in [-0.2, -0.15) is 15.1 Å². The summed E-state index contributed by atoms with van der Waals surface area (Å²) in [5, 5.41) is 2.63. The monoisotopic (exact) mass is 473 g/mol. The minimum atomic E-state index is -3.88. The molecule has 0 spiro atoms. The third-order valence-corrected chi connectivity index (χ3v) is 6.58. The van der Waals surface area contributed by atoms with Crippen molar-refractivity contribution in [2.45, 2.75) is 19.4 Å². The van der Waals surface area contributed by atoms with Crippen molar-refractivity contribution in [3.63, 3.8) is 0 Å². The molecule has 0 saturated heterocycles. The van der Waals surface area contributed by atoms with Crippen LogP contribution < -0.4 is 21.1 Å². The standard InChI is InChI=1S/C20H24N7O5P/c1-12(19(28)30-2)26-33(29,32-15-6-4-3-5-7-15)31-10-14-8-13(14)9-27-11-23-16-17(21)24-20(22)25-18(16)27/h3-7,9,11-12,14H,8,10H2,1-2H3,(H,26,29)(H4,21,22,24,25)/b13-9+/t12-,14+,33?/m0/s1. The third-order valence-electron chi connectivity index (χ3n) is 4.94. The summed E-state index contributed by atoms with van der Waals surface area (Å²) >= 11 is 0. The zero-order valence-corrected chi connectivity index (χ0v) is 18.9. The lowest BCUT2D eigenvalue weighted by Gasteiger charge is -2.22. The van der Waals surface area contributed by atoms with Crippen molar-refractivity contribution in [3.05, 3.63) is 42.2 Å². The lowest BCUT2D eigenvalue weighted by molar-refractivity contribution is -0.142. The second-order valence-corrected chi connectivity index (χ2v) is 9.16. The van der Waals surface area contributed by atoms with Gasteiger partial charge >= 0.3 is 13.7 Å². The van der Waals surface area contributed by atoms with Crippen LogP contribution in [0.3, 0.4) is 0 Å². The summed E-state index contributed by atoms with van der Waals surface area (Å²) in [4.78, 5) is 24.1. The number of fused-ring (bicyclic) bond motifs is 1. The number of imidazole rings is 1. The first-order chi connectivity index (χ1) is 15.8. The summed E-state index contributed by atoms with van der Waals surface area (Å²) in [5.74, 6) is 0.0180. The van der Waals surface area contributed by atoms with Gasteiger partial charge in [0.15, 0.2) is 17.0 Å². The zero-order chi connectivity index (χ0) is 23.6. The van der Waals surface area contributed by atoms with Gasteiger partial charge in [-0.1, -0.05) is 18.2 Å². The van der Waals surface area contributed by atoms with Crippen LogP contribution in [0.4, 0.5) is 11.8 Å². The van der Waals surface area contributed by atoms with Gasteiger partial charge < -0.3 is 20.7 Å². The molecule has 0 aliphatic heterocycles. The number of para-hydroxylation sites is 1. The first-order valence-electron chi connectivity index (χ1n) is 10.1. The third kappa shape index (κ3) is 5.30. The van der Waals surface area contributed by atoms with Crippen molar-refractivity contribution in [1.82, 2.24) is 24.6 Å². The molecule has 12 nitrogen and oxygen atoms in total. The van der Waals surface area contributed by atoms with Crippen LogP contribution in [-0.2, 0) is 18.6 Å². The number of nitrogens with zero attached hydrogens (tertiary/aromatic N) is 4. The highest BCUT2D eigenvalue weighted by atomic mass is 31.2. The first kappa shape index (κ1) is 22.7. The maximum absolute atomic E-state index is 13.4. The number of esters is 1. The van der Waals surface area contributed by atoms with E-state index in [4.69, 9.17) is 25.3 Å². The molecule has 2 heterocycles. The van der Waals surface area contributed by atoms with Gasteiger partial charge in [0.05, 0.1) is 13.7 Å². The molecular weight excluding hydrogens is 449 g/mol. The normalized spacial score (nSPS) is 19.2. The summed E-state index contributed by atoms with van der Waals surface area (Å²) in [6, 6.07) is 7.68. The van der Waals surface area contributed by atoms with E-state index in [-0.39, 0.29) is 24.3 Å². The number of hydrogen-bond donors (Lipinski definition) is 3. The maximum atomic E-state index is 13.4. The Labute approximate surface area is 189 Å². The number of nitrogen functional groups attached to an aromatic ring is 2. The van der Waals surface area contributed by atoms with Gasteiger partial charge in [-0.25, -0.2) is 9.55 Å². The van der Waals surface area contributed by atoms with Crippen LogP contribution in [0, 0.1) is 5.92 Å². The fourth-order valence-electron chi connectivity index (χ4n) is 3.14. The van der Waals surface area contributed by atoms with Crippen molar-refractivity contribution in [3.8, 4) is 5.75 Å². The molecule has 0 amide bonds. The molecule has 13 heteroatoms. The molecule has 3 aromatic rings. The Balaban J connectivity index is 1.46. The van der Waals surface area contributed by atoms with E-state index >= 15 is 0 Å². The zero-order valence-electron chi connectivity index (χ0n) is 18.0. The molecule has 5 N–H and O–H groups in total. The quantitative estimate of drug-likeness (QED) is 0.307. The summed E-state index contributed by atoms with van der Waals surface area (Å²) in [6.45, 7) is 1.63.